The quantitative estimate of drug-likeness (QED) is 0.738. The maximum absolute atomic E-state index is 10.0. The number of ether oxygens (including phenoxy) is 2. The summed E-state index contributed by atoms with van der Waals surface area (Å²) in [6.07, 6.45) is 5.78. The molecule has 0 aliphatic carbocycles. The Morgan fingerprint density at radius 1 is 1.42 bits per heavy atom. The topological polar surface area (TPSA) is 41.9 Å². The third kappa shape index (κ3) is 6.40. The maximum Gasteiger partial charge on any atom is 0.0900 e. The molecule has 0 spiro atoms. The minimum absolute atomic E-state index is 0.217. The van der Waals surface area contributed by atoms with Crippen LogP contribution < -0.4 is 0 Å². The molecule has 1 fully saturated rings. The van der Waals surface area contributed by atoms with Crippen LogP contribution in [-0.4, -0.2) is 60.2 Å². The lowest BCUT2D eigenvalue weighted by molar-refractivity contribution is -0.0949. The van der Waals surface area contributed by atoms with E-state index in [4.69, 9.17) is 15.9 Å². The molecule has 1 heterocycles. The molecule has 0 bridgehead atoms. The second-order valence-electron chi connectivity index (χ2n) is 6.08. The fourth-order valence-electron chi connectivity index (χ4n) is 2.40. The van der Waals surface area contributed by atoms with Crippen LogP contribution in [0.4, 0.5) is 0 Å². The van der Waals surface area contributed by atoms with Crippen molar-refractivity contribution in [2.24, 2.45) is 0 Å². The number of nitrogens with zero attached hydrogens (tertiary/aromatic N) is 1. The molecule has 110 valence electrons. The standard InChI is InChI=1S/C15H27NO3/c1-6-7-15(4,5)18-11-14(17)10-16-8-12(2)19-13(3)9-16/h1,12-14,17H,7-11H2,2-5H3/t12-,13+,14-/m0/s1. The fourth-order valence-corrected chi connectivity index (χ4v) is 2.40. The van der Waals surface area contributed by atoms with Crippen molar-refractivity contribution in [3.05, 3.63) is 0 Å². The summed E-state index contributed by atoms with van der Waals surface area (Å²) < 4.78 is 11.3. The van der Waals surface area contributed by atoms with Gasteiger partial charge in [-0.05, 0) is 27.7 Å². The van der Waals surface area contributed by atoms with Gasteiger partial charge in [-0.3, -0.25) is 4.90 Å². The minimum atomic E-state index is -0.491. The lowest BCUT2D eigenvalue weighted by atomic mass is 10.1. The molecule has 1 rings (SSSR count). The molecule has 4 heteroatoms. The van der Waals surface area contributed by atoms with Gasteiger partial charge in [0.15, 0.2) is 0 Å². The van der Waals surface area contributed by atoms with Gasteiger partial charge in [0, 0.05) is 26.1 Å². The molecule has 0 aromatic carbocycles. The molecule has 0 aromatic rings. The summed E-state index contributed by atoms with van der Waals surface area (Å²) in [6.45, 7) is 10.6. The van der Waals surface area contributed by atoms with Crippen LogP contribution in [0.3, 0.4) is 0 Å². The van der Waals surface area contributed by atoms with Crippen molar-refractivity contribution in [1.82, 2.24) is 4.90 Å². The van der Waals surface area contributed by atoms with Crippen molar-refractivity contribution in [1.29, 1.82) is 0 Å². The number of aliphatic hydroxyl groups excluding tert-OH is 1. The Bertz CT molecular complexity index is 301. The Hall–Kier alpha value is -0.600. The highest BCUT2D eigenvalue weighted by Gasteiger charge is 2.25. The van der Waals surface area contributed by atoms with Crippen LogP contribution in [0.5, 0.6) is 0 Å². The van der Waals surface area contributed by atoms with Gasteiger partial charge in [0.1, 0.15) is 0 Å². The number of β-amino-alcohol motifs (C(OH)–C–C–N with tert-alkyl or cyclic N) is 1. The van der Waals surface area contributed by atoms with Crippen molar-refractivity contribution in [3.63, 3.8) is 0 Å². The van der Waals surface area contributed by atoms with Crippen LogP contribution >= 0.6 is 0 Å². The van der Waals surface area contributed by atoms with E-state index in [1.807, 2.05) is 13.8 Å². The largest absolute Gasteiger partial charge is 0.389 e. The van der Waals surface area contributed by atoms with Crippen molar-refractivity contribution < 1.29 is 14.6 Å². The third-order valence-corrected chi connectivity index (χ3v) is 3.16. The molecule has 19 heavy (non-hydrogen) atoms. The highest BCUT2D eigenvalue weighted by Crippen LogP contribution is 2.15. The second-order valence-corrected chi connectivity index (χ2v) is 6.08. The average Bonchev–Trinajstić information content (AvgIpc) is 2.25. The zero-order valence-corrected chi connectivity index (χ0v) is 12.6. The molecule has 1 aliphatic heterocycles. The molecule has 4 nitrogen and oxygen atoms in total. The Labute approximate surface area is 117 Å². The van der Waals surface area contributed by atoms with Crippen LogP contribution in [0.25, 0.3) is 0 Å². The van der Waals surface area contributed by atoms with E-state index in [1.54, 1.807) is 0 Å². The SMILES string of the molecule is C#CCC(C)(C)OC[C@@H](O)CN1C[C@@H](C)O[C@@H](C)C1. The second kappa shape index (κ2) is 7.25. The lowest BCUT2D eigenvalue weighted by Gasteiger charge is -2.36. The summed E-state index contributed by atoms with van der Waals surface area (Å²) in [6, 6.07) is 0. The van der Waals surface area contributed by atoms with Gasteiger partial charge in [-0.1, -0.05) is 0 Å². The summed E-state index contributed by atoms with van der Waals surface area (Å²) >= 11 is 0. The summed E-state index contributed by atoms with van der Waals surface area (Å²) in [5.74, 6) is 2.59. The van der Waals surface area contributed by atoms with Gasteiger partial charge >= 0.3 is 0 Å². The first-order chi connectivity index (χ1) is 8.82. The van der Waals surface area contributed by atoms with E-state index in [0.717, 1.165) is 13.1 Å². The van der Waals surface area contributed by atoms with Gasteiger partial charge in [0.25, 0.3) is 0 Å². The third-order valence-electron chi connectivity index (χ3n) is 3.16. The molecule has 3 atom stereocenters. The first-order valence-corrected chi connectivity index (χ1v) is 6.95. The molecule has 0 aromatic heterocycles. The predicted octanol–water partition coefficient (Wildman–Crippen LogP) is 1.27. The van der Waals surface area contributed by atoms with E-state index >= 15 is 0 Å². The smallest absolute Gasteiger partial charge is 0.0900 e. The monoisotopic (exact) mass is 269 g/mol. The summed E-state index contributed by atoms with van der Waals surface area (Å²) in [5, 5.41) is 10.0. The van der Waals surface area contributed by atoms with E-state index in [0.29, 0.717) is 19.6 Å². The van der Waals surface area contributed by atoms with Gasteiger partial charge in [-0.15, -0.1) is 12.3 Å². The Kier molecular flexibility index (Phi) is 6.28. The van der Waals surface area contributed by atoms with Crippen molar-refractivity contribution in [2.45, 2.75) is 58.0 Å². The molecule has 0 unspecified atom stereocenters. The summed E-state index contributed by atoms with van der Waals surface area (Å²) in [7, 11) is 0. The summed E-state index contributed by atoms with van der Waals surface area (Å²) in [4.78, 5) is 2.22. The first-order valence-electron chi connectivity index (χ1n) is 6.95. The van der Waals surface area contributed by atoms with Gasteiger partial charge in [-0.25, -0.2) is 0 Å². The molecule has 1 saturated heterocycles. The normalized spacial score (nSPS) is 26.9. The van der Waals surface area contributed by atoms with Crippen LogP contribution in [0, 0.1) is 12.3 Å². The molecular formula is C15H27NO3. The number of rotatable bonds is 6. The minimum Gasteiger partial charge on any atom is -0.389 e. The molecule has 1 N–H and O–H groups in total. The van der Waals surface area contributed by atoms with Gasteiger partial charge in [-0.2, -0.15) is 0 Å². The van der Waals surface area contributed by atoms with E-state index in [-0.39, 0.29) is 17.8 Å². The van der Waals surface area contributed by atoms with Crippen LogP contribution in [-0.2, 0) is 9.47 Å². The number of aliphatic hydroxyl groups is 1. The number of morpholine rings is 1. The lowest BCUT2D eigenvalue weighted by Crippen LogP contribution is -2.49. The average molecular weight is 269 g/mol. The Morgan fingerprint density at radius 2 is 2.00 bits per heavy atom. The van der Waals surface area contributed by atoms with Crippen molar-refractivity contribution in [3.8, 4) is 12.3 Å². The van der Waals surface area contributed by atoms with E-state index in [9.17, 15) is 5.11 Å². The molecule has 1 aliphatic rings. The Balaban J connectivity index is 2.31. The van der Waals surface area contributed by atoms with Gasteiger partial charge < -0.3 is 14.6 Å². The zero-order chi connectivity index (χ0) is 14.5. The van der Waals surface area contributed by atoms with Crippen LogP contribution in [0.2, 0.25) is 0 Å². The fraction of sp³-hybridized carbons (Fsp3) is 0.867. The predicted molar refractivity (Wildman–Crippen MR) is 75.9 cm³/mol. The van der Waals surface area contributed by atoms with Crippen LogP contribution in [0.15, 0.2) is 0 Å². The van der Waals surface area contributed by atoms with E-state index < -0.39 is 6.10 Å². The van der Waals surface area contributed by atoms with Crippen LogP contribution in [0.1, 0.15) is 34.1 Å². The Morgan fingerprint density at radius 3 is 2.53 bits per heavy atom. The number of hydrogen-bond donors (Lipinski definition) is 1. The molecular weight excluding hydrogens is 242 g/mol. The van der Waals surface area contributed by atoms with Crippen molar-refractivity contribution in [2.75, 3.05) is 26.2 Å². The van der Waals surface area contributed by atoms with E-state index in [2.05, 4.69) is 24.7 Å². The number of hydrogen-bond acceptors (Lipinski definition) is 4. The zero-order valence-electron chi connectivity index (χ0n) is 12.6. The summed E-state index contributed by atoms with van der Waals surface area (Å²) in [5.41, 5.74) is -0.374. The highest BCUT2D eigenvalue weighted by molar-refractivity contribution is 4.92. The van der Waals surface area contributed by atoms with Crippen molar-refractivity contribution >= 4 is 0 Å². The molecule has 0 radical (unpaired) electrons. The first kappa shape index (κ1) is 16.5. The molecule has 0 saturated carbocycles. The number of terminal acetylenes is 1. The van der Waals surface area contributed by atoms with Gasteiger partial charge in [0.05, 0.1) is 30.5 Å². The van der Waals surface area contributed by atoms with E-state index in [1.165, 1.54) is 0 Å². The van der Waals surface area contributed by atoms with Gasteiger partial charge in [0.2, 0.25) is 0 Å². The molecule has 0 amide bonds. The highest BCUT2D eigenvalue weighted by atomic mass is 16.5. The maximum atomic E-state index is 10.0.